The Morgan fingerprint density at radius 3 is 2.80 bits per heavy atom. The van der Waals surface area contributed by atoms with Crippen LogP contribution >= 0.6 is 11.5 Å². The zero-order chi connectivity index (χ0) is 13.5. The fourth-order valence-electron chi connectivity index (χ4n) is 2.42. The predicted octanol–water partition coefficient (Wildman–Crippen LogP) is 3.32. The molecule has 0 saturated carbocycles. The summed E-state index contributed by atoms with van der Waals surface area (Å²) in [6, 6.07) is 12.1. The summed E-state index contributed by atoms with van der Waals surface area (Å²) < 4.78 is 16.5. The van der Waals surface area contributed by atoms with Crippen molar-refractivity contribution in [3.05, 3.63) is 36.4 Å². The molecule has 0 atom stereocenters. The van der Waals surface area contributed by atoms with Gasteiger partial charge in [0.2, 0.25) is 0 Å². The standard InChI is InChI=1S/C15H12N2O2S/c16-15-11-3-1-2-10(14(11)20-17-15)9-4-5-12-13(8-9)19-7-6-18-12/h1-5,8H,6-7H2,(H2,16,17). The second kappa shape index (κ2) is 4.38. The summed E-state index contributed by atoms with van der Waals surface area (Å²) in [4.78, 5) is 0. The van der Waals surface area contributed by atoms with Crippen molar-refractivity contribution in [2.45, 2.75) is 0 Å². The van der Waals surface area contributed by atoms with E-state index in [4.69, 9.17) is 15.2 Å². The lowest BCUT2D eigenvalue weighted by molar-refractivity contribution is 0.171. The minimum atomic E-state index is 0.587. The maximum atomic E-state index is 5.89. The third-order valence-electron chi connectivity index (χ3n) is 3.38. The second-order valence-corrected chi connectivity index (χ2v) is 5.38. The predicted molar refractivity (Wildman–Crippen MR) is 80.5 cm³/mol. The van der Waals surface area contributed by atoms with Crippen LogP contribution in [0.2, 0.25) is 0 Å². The number of ether oxygens (including phenoxy) is 2. The molecule has 1 aliphatic heterocycles. The lowest BCUT2D eigenvalue weighted by Gasteiger charge is -2.19. The van der Waals surface area contributed by atoms with Crippen LogP contribution in [0.5, 0.6) is 11.5 Å². The molecule has 20 heavy (non-hydrogen) atoms. The summed E-state index contributed by atoms with van der Waals surface area (Å²) in [6.07, 6.45) is 0. The molecule has 2 N–H and O–H groups in total. The molecule has 0 unspecified atom stereocenters. The van der Waals surface area contributed by atoms with E-state index in [0.717, 1.165) is 32.7 Å². The highest BCUT2D eigenvalue weighted by molar-refractivity contribution is 7.14. The van der Waals surface area contributed by atoms with Crippen molar-refractivity contribution in [1.82, 2.24) is 4.37 Å². The monoisotopic (exact) mass is 284 g/mol. The number of nitrogens with two attached hydrogens (primary N) is 1. The van der Waals surface area contributed by atoms with Gasteiger partial charge in [0.25, 0.3) is 0 Å². The number of nitrogen functional groups attached to an aromatic ring is 1. The molecule has 0 bridgehead atoms. The molecule has 3 aromatic rings. The van der Waals surface area contributed by atoms with Gasteiger partial charge in [-0.25, -0.2) is 0 Å². The molecule has 0 radical (unpaired) electrons. The molecule has 0 saturated heterocycles. The topological polar surface area (TPSA) is 57.4 Å². The van der Waals surface area contributed by atoms with Crippen molar-refractivity contribution in [3.8, 4) is 22.6 Å². The highest BCUT2D eigenvalue weighted by Gasteiger charge is 2.14. The highest BCUT2D eigenvalue weighted by Crippen LogP contribution is 2.39. The minimum Gasteiger partial charge on any atom is -0.486 e. The zero-order valence-corrected chi connectivity index (χ0v) is 11.4. The largest absolute Gasteiger partial charge is 0.486 e. The summed E-state index contributed by atoms with van der Waals surface area (Å²) in [5.74, 6) is 2.18. The Hall–Kier alpha value is -2.27. The lowest BCUT2D eigenvalue weighted by atomic mass is 10.0. The SMILES string of the molecule is Nc1nsc2c(-c3ccc4c(c3)OCCO4)cccc12. The molecular formula is C15H12N2O2S. The van der Waals surface area contributed by atoms with Crippen LogP contribution in [0, 0.1) is 0 Å². The molecule has 0 amide bonds. The number of aromatic nitrogens is 1. The molecule has 0 spiro atoms. The molecule has 2 heterocycles. The molecular weight excluding hydrogens is 272 g/mol. The molecule has 1 aromatic heterocycles. The minimum absolute atomic E-state index is 0.587. The van der Waals surface area contributed by atoms with Crippen molar-refractivity contribution in [3.63, 3.8) is 0 Å². The Kier molecular flexibility index (Phi) is 2.53. The average Bonchev–Trinajstić information content (AvgIpc) is 2.88. The molecule has 4 rings (SSSR count). The van der Waals surface area contributed by atoms with Crippen LogP contribution in [0.25, 0.3) is 21.2 Å². The van der Waals surface area contributed by atoms with E-state index >= 15 is 0 Å². The third-order valence-corrected chi connectivity index (χ3v) is 4.29. The van der Waals surface area contributed by atoms with Gasteiger partial charge in [-0.05, 0) is 35.3 Å². The number of hydrogen-bond donors (Lipinski definition) is 1. The first-order chi connectivity index (χ1) is 9.83. The Balaban J connectivity index is 1.90. The summed E-state index contributed by atoms with van der Waals surface area (Å²) in [5, 5.41) is 1.00. The second-order valence-electron chi connectivity index (χ2n) is 4.61. The summed E-state index contributed by atoms with van der Waals surface area (Å²) in [5.41, 5.74) is 8.09. The van der Waals surface area contributed by atoms with E-state index in [1.807, 2.05) is 30.3 Å². The summed E-state index contributed by atoms with van der Waals surface area (Å²) in [6.45, 7) is 1.20. The van der Waals surface area contributed by atoms with Gasteiger partial charge in [-0.2, -0.15) is 4.37 Å². The van der Waals surface area contributed by atoms with Gasteiger partial charge in [-0.15, -0.1) is 0 Å². The Morgan fingerprint density at radius 1 is 1.05 bits per heavy atom. The lowest BCUT2D eigenvalue weighted by Crippen LogP contribution is -2.15. The Morgan fingerprint density at radius 2 is 1.90 bits per heavy atom. The maximum Gasteiger partial charge on any atom is 0.161 e. The summed E-state index contributed by atoms with van der Waals surface area (Å²) >= 11 is 1.43. The van der Waals surface area contributed by atoms with Gasteiger partial charge < -0.3 is 15.2 Å². The van der Waals surface area contributed by atoms with Crippen LogP contribution in [0.1, 0.15) is 0 Å². The van der Waals surface area contributed by atoms with E-state index in [9.17, 15) is 0 Å². The van der Waals surface area contributed by atoms with E-state index in [1.165, 1.54) is 11.5 Å². The van der Waals surface area contributed by atoms with Gasteiger partial charge in [0, 0.05) is 10.9 Å². The maximum absolute atomic E-state index is 5.89. The van der Waals surface area contributed by atoms with Crippen molar-refractivity contribution in [2.75, 3.05) is 18.9 Å². The number of nitrogens with zero attached hydrogens (tertiary/aromatic N) is 1. The van der Waals surface area contributed by atoms with E-state index in [2.05, 4.69) is 10.4 Å². The number of anilines is 1. The van der Waals surface area contributed by atoms with Gasteiger partial charge >= 0.3 is 0 Å². The van der Waals surface area contributed by atoms with E-state index < -0.39 is 0 Å². The fraction of sp³-hybridized carbons (Fsp3) is 0.133. The van der Waals surface area contributed by atoms with Crippen molar-refractivity contribution in [1.29, 1.82) is 0 Å². The third kappa shape index (κ3) is 1.71. The molecule has 0 aliphatic carbocycles. The molecule has 100 valence electrons. The van der Waals surface area contributed by atoms with Crippen LogP contribution in [0.15, 0.2) is 36.4 Å². The number of rotatable bonds is 1. The van der Waals surface area contributed by atoms with E-state index in [0.29, 0.717) is 19.0 Å². The van der Waals surface area contributed by atoms with Gasteiger partial charge in [0.05, 0.1) is 4.70 Å². The van der Waals surface area contributed by atoms with E-state index in [1.54, 1.807) is 0 Å². The zero-order valence-electron chi connectivity index (χ0n) is 10.6. The smallest absolute Gasteiger partial charge is 0.161 e. The van der Waals surface area contributed by atoms with E-state index in [-0.39, 0.29) is 0 Å². The van der Waals surface area contributed by atoms with Gasteiger partial charge in [0.15, 0.2) is 11.5 Å². The van der Waals surface area contributed by atoms with Crippen molar-refractivity contribution < 1.29 is 9.47 Å². The van der Waals surface area contributed by atoms with Crippen LogP contribution in [0.3, 0.4) is 0 Å². The number of fused-ring (bicyclic) bond motifs is 2. The Labute approximate surface area is 119 Å². The van der Waals surface area contributed by atoms with Crippen molar-refractivity contribution >= 4 is 27.4 Å². The first-order valence-corrected chi connectivity index (χ1v) is 7.14. The molecule has 0 fully saturated rings. The van der Waals surface area contributed by atoms with Gasteiger partial charge in [-0.3, -0.25) is 0 Å². The molecule has 2 aromatic carbocycles. The van der Waals surface area contributed by atoms with Crippen LogP contribution < -0.4 is 15.2 Å². The van der Waals surface area contributed by atoms with Gasteiger partial charge in [-0.1, -0.05) is 18.2 Å². The van der Waals surface area contributed by atoms with Gasteiger partial charge in [0.1, 0.15) is 19.0 Å². The summed E-state index contributed by atoms with van der Waals surface area (Å²) in [7, 11) is 0. The van der Waals surface area contributed by atoms with Crippen LogP contribution in [-0.2, 0) is 0 Å². The van der Waals surface area contributed by atoms with Crippen LogP contribution in [0.4, 0.5) is 5.82 Å². The average molecular weight is 284 g/mol. The van der Waals surface area contributed by atoms with Crippen LogP contribution in [-0.4, -0.2) is 17.6 Å². The quantitative estimate of drug-likeness (QED) is 0.744. The molecule has 1 aliphatic rings. The van der Waals surface area contributed by atoms with Crippen molar-refractivity contribution in [2.24, 2.45) is 0 Å². The normalized spacial score (nSPS) is 13.6. The Bertz CT molecular complexity index is 798. The first-order valence-electron chi connectivity index (χ1n) is 6.37. The highest BCUT2D eigenvalue weighted by atomic mass is 32.1. The fourth-order valence-corrected chi connectivity index (χ4v) is 3.26. The first kappa shape index (κ1) is 11.5. The number of hydrogen-bond acceptors (Lipinski definition) is 5. The molecule has 5 heteroatoms. The molecule has 4 nitrogen and oxygen atoms in total. The number of benzene rings is 2.